The summed E-state index contributed by atoms with van der Waals surface area (Å²) in [5, 5.41) is 19.3. The Bertz CT molecular complexity index is 1340. The minimum atomic E-state index is -1.56. The van der Waals surface area contributed by atoms with Gasteiger partial charge in [-0.15, -0.1) is 0 Å². The third-order valence-electron chi connectivity index (χ3n) is 9.19. The Kier molecular flexibility index (Phi) is 8.25. The van der Waals surface area contributed by atoms with E-state index in [2.05, 4.69) is 154 Å². The van der Waals surface area contributed by atoms with Crippen molar-refractivity contribution in [3.8, 4) is 0 Å². The van der Waals surface area contributed by atoms with Crippen LogP contribution in [0.5, 0.6) is 0 Å². The zero-order valence-corrected chi connectivity index (χ0v) is 36.5. The number of rotatable bonds is 6. The molecule has 0 aromatic heterocycles. The van der Waals surface area contributed by atoms with E-state index < -0.39 is 48.4 Å². The summed E-state index contributed by atoms with van der Waals surface area (Å²) in [7, 11) is -9.38. The maximum Gasteiger partial charge on any atom is 0.0774 e. The first kappa shape index (κ1) is 33.8. The molecule has 6 heteroatoms. The van der Waals surface area contributed by atoms with Crippen LogP contribution in [0.1, 0.15) is 0 Å². The summed E-state index contributed by atoms with van der Waals surface area (Å²) < 4.78 is 0. The average molecular weight is 661 g/mol. The highest BCUT2D eigenvalue weighted by Gasteiger charge is 2.33. The Morgan fingerprint density at radius 2 is 0.310 bits per heavy atom. The van der Waals surface area contributed by atoms with Crippen molar-refractivity contribution in [3.63, 3.8) is 0 Å². The molecule has 0 aliphatic carbocycles. The van der Waals surface area contributed by atoms with Crippen molar-refractivity contribution < 1.29 is 0 Å². The van der Waals surface area contributed by atoms with E-state index >= 15 is 0 Å². The highest BCUT2D eigenvalue weighted by molar-refractivity contribution is 7.00. The SMILES string of the molecule is C[Si](C)(C)c1cc2c3cc([Si](C)(C)C)c([Si](C)(C)C)cc3c3cc([Si](C)(C)C)c([Si](C)(C)C)cc3c2cc1[Si](C)(C)C. The first-order chi connectivity index (χ1) is 18.6. The average Bonchev–Trinajstić information content (AvgIpc) is 2.78. The molecule has 0 fully saturated rings. The van der Waals surface area contributed by atoms with Gasteiger partial charge in [0.15, 0.2) is 0 Å². The van der Waals surface area contributed by atoms with E-state index in [-0.39, 0.29) is 0 Å². The quantitative estimate of drug-likeness (QED) is 0.144. The highest BCUT2D eigenvalue weighted by Crippen LogP contribution is 2.35. The number of benzene rings is 4. The monoisotopic (exact) mass is 660 g/mol. The molecule has 0 saturated heterocycles. The molecular formula is C36H60Si6. The van der Waals surface area contributed by atoms with Crippen LogP contribution in [0.15, 0.2) is 36.4 Å². The molecule has 0 atom stereocenters. The smallest absolute Gasteiger partial charge is 0.0656 e. The van der Waals surface area contributed by atoms with Crippen molar-refractivity contribution in [1.29, 1.82) is 0 Å². The van der Waals surface area contributed by atoms with Crippen molar-refractivity contribution in [2.45, 2.75) is 118 Å². The number of hydrogen-bond donors (Lipinski definition) is 0. The molecule has 0 heterocycles. The Balaban J connectivity index is 2.46. The lowest BCUT2D eigenvalue weighted by Crippen LogP contribution is -2.57. The van der Waals surface area contributed by atoms with Gasteiger partial charge in [-0.2, -0.15) is 0 Å². The Morgan fingerprint density at radius 1 is 0.214 bits per heavy atom. The van der Waals surface area contributed by atoms with Crippen LogP contribution in [0.4, 0.5) is 0 Å². The van der Waals surface area contributed by atoms with Gasteiger partial charge < -0.3 is 0 Å². The first-order valence-corrected chi connectivity index (χ1v) is 37.2. The third kappa shape index (κ3) is 6.23. The lowest BCUT2D eigenvalue weighted by atomic mass is 9.94. The van der Waals surface area contributed by atoms with E-state index in [1.165, 1.54) is 32.3 Å². The van der Waals surface area contributed by atoms with Gasteiger partial charge in [-0.25, -0.2) is 0 Å². The largest absolute Gasteiger partial charge is 0.0774 e. The molecule has 42 heavy (non-hydrogen) atoms. The molecule has 4 rings (SSSR count). The molecule has 0 N–H and O–H groups in total. The van der Waals surface area contributed by atoms with Gasteiger partial charge in [-0.05, 0) is 32.3 Å². The van der Waals surface area contributed by atoms with Gasteiger partial charge in [0.1, 0.15) is 0 Å². The predicted octanol–water partition coefficient (Wildman–Crippen LogP) is 8.42. The maximum atomic E-state index is 2.71. The molecule has 0 aliphatic rings. The zero-order valence-electron chi connectivity index (χ0n) is 30.5. The predicted molar refractivity (Wildman–Crippen MR) is 217 cm³/mol. The fourth-order valence-corrected chi connectivity index (χ4v) is 22.4. The van der Waals surface area contributed by atoms with Gasteiger partial charge in [0, 0.05) is 0 Å². The van der Waals surface area contributed by atoms with E-state index in [1.54, 1.807) is 31.1 Å². The van der Waals surface area contributed by atoms with Crippen LogP contribution in [0.3, 0.4) is 0 Å². The van der Waals surface area contributed by atoms with Gasteiger partial charge in [0.2, 0.25) is 0 Å². The van der Waals surface area contributed by atoms with Crippen molar-refractivity contribution in [3.05, 3.63) is 36.4 Å². The summed E-state index contributed by atoms with van der Waals surface area (Å²) in [6, 6.07) is 16.2. The van der Waals surface area contributed by atoms with Crippen LogP contribution in [0.25, 0.3) is 32.3 Å². The summed E-state index contributed by atoms with van der Waals surface area (Å²) in [5.74, 6) is 0. The second-order valence-corrected chi connectivity index (χ2v) is 49.6. The fraction of sp³-hybridized carbons (Fsp3) is 0.500. The lowest BCUT2D eigenvalue weighted by Gasteiger charge is -2.32. The van der Waals surface area contributed by atoms with Gasteiger partial charge >= 0.3 is 0 Å². The van der Waals surface area contributed by atoms with Crippen molar-refractivity contribution in [1.82, 2.24) is 0 Å². The minimum Gasteiger partial charge on any atom is -0.0656 e. The Hall–Kier alpha value is -1.04. The van der Waals surface area contributed by atoms with Crippen LogP contribution >= 0.6 is 0 Å². The Morgan fingerprint density at radius 3 is 0.381 bits per heavy atom. The fourth-order valence-electron chi connectivity index (χ4n) is 6.86. The standard InChI is InChI=1S/C36H60Si6/c1-37(2,3)31-19-25-26(20-32(31)38(4,5)6)28-22-34(40(10,11)12)36(42(16,17)18)24-30(28)29-23-35(41(13,14)15)33(21-27(25)29)39(7,8)9/h19-24H,1-18H3. The van der Waals surface area contributed by atoms with E-state index in [1.807, 2.05) is 0 Å². The normalized spacial score (nSPS) is 14.4. The second-order valence-electron chi connectivity index (χ2n) is 19.3. The van der Waals surface area contributed by atoms with E-state index in [0.29, 0.717) is 0 Å². The molecule has 0 radical (unpaired) electrons. The molecule has 4 aromatic carbocycles. The molecule has 0 amide bonds. The molecule has 0 nitrogen and oxygen atoms in total. The van der Waals surface area contributed by atoms with E-state index in [4.69, 9.17) is 0 Å². The van der Waals surface area contributed by atoms with Gasteiger partial charge in [-0.1, -0.05) is 185 Å². The number of hydrogen-bond acceptors (Lipinski definition) is 0. The summed E-state index contributed by atoms with van der Waals surface area (Å²) >= 11 is 0. The summed E-state index contributed by atoms with van der Waals surface area (Å²) in [6.45, 7) is 46.0. The molecule has 228 valence electrons. The van der Waals surface area contributed by atoms with Crippen LogP contribution in [-0.4, -0.2) is 48.4 Å². The molecule has 4 aromatic rings. The molecule has 0 saturated carbocycles. The van der Waals surface area contributed by atoms with Crippen molar-refractivity contribution >= 4 is 112 Å². The minimum absolute atomic E-state index is 1.51. The van der Waals surface area contributed by atoms with Crippen molar-refractivity contribution in [2.75, 3.05) is 0 Å². The van der Waals surface area contributed by atoms with Crippen LogP contribution in [0.2, 0.25) is 118 Å². The highest BCUT2D eigenvalue weighted by atomic mass is 28.3. The molecule has 0 spiro atoms. The molecular weight excluding hydrogens is 601 g/mol. The lowest BCUT2D eigenvalue weighted by molar-refractivity contribution is 1.68. The van der Waals surface area contributed by atoms with Crippen LogP contribution in [0, 0.1) is 0 Å². The second kappa shape index (κ2) is 10.2. The van der Waals surface area contributed by atoms with Gasteiger partial charge in [-0.3, -0.25) is 0 Å². The Labute approximate surface area is 264 Å². The zero-order chi connectivity index (χ0) is 32.2. The third-order valence-corrected chi connectivity index (χ3v) is 22.1. The van der Waals surface area contributed by atoms with E-state index in [0.717, 1.165) is 0 Å². The van der Waals surface area contributed by atoms with Gasteiger partial charge in [0.25, 0.3) is 0 Å². The summed E-state index contributed by atoms with van der Waals surface area (Å²) in [5.41, 5.74) is 0. The molecule has 0 bridgehead atoms. The molecule has 0 unspecified atom stereocenters. The topological polar surface area (TPSA) is 0 Å². The number of fused-ring (bicyclic) bond motifs is 6. The van der Waals surface area contributed by atoms with Crippen LogP contribution in [-0.2, 0) is 0 Å². The summed E-state index contributed by atoms with van der Waals surface area (Å²) in [6.07, 6.45) is 0. The maximum absolute atomic E-state index is 2.71. The van der Waals surface area contributed by atoms with E-state index in [9.17, 15) is 0 Å². The molecule has 0 aliphatic heterocycles. The first-order valence-electron chi connectivity index (χ1n) is 16.2. The van der Waals surface area contributed by atoms with Crippen molar-refractivity contribution in [2.24, 2.45) is 0 Å². The summed E-state index contributed by atoms with van der Waals surface area (Å²) in [4.78, 5) is 0. The van der Waals surface area contributed by atoms with Crippen LogP contribution < -0.4 is 31.1 Å². The van der Waals surface area contributed by atoms with Gasteiger partial charge in [0.05, 0.1) is 48.4 Å².